The lowest BCUT2D eigenvalue weighted by atomic mass is 9.84. The van der Waals surface area contributed by atoms with Crippen LogP contribution >= 0.6 is 22.6 Å². The van der Waals surface area contributed by atoms with Gasteiger partial charge in [0.25, 0.3) is 3.90 Å². The molecule has 0 aliphatic heterocycles. The van der Waals surface area contributed by atoms with E-state index < -0.39 is 0 Å². The van der Waals surface area contributed by atoms with Gasteiger partial charge in [-0.25, -0.2) is 0 Å². The summed E-state index contributed by atoms with van der Waals surface area (Å²) in [5.74, 6) is 1.34. The summed E-state index contributed by atoms with van der Waals surface area (Å²) in [6.45, 7) is 8.98. The topological polar surface area (TPSA) is 38.9 Å². The van der Waals surface area contributed by atoms with Crippen molar-refractivity contribution in [3.63, 3.8) is 0 Å². The Kier molecular flexibility index (Phi) is 3.92. The van der Waals surface area contributed by atoms with Crippen LogP contribution in [0.15, 0.2) is 4.42 Å². The standard InChI is InChI=1S/C10H17IN2O/c1-7(6-10(2,3)4)5-8-12-13-9(11)14-8/h7H,5-6H2,1-4H3. The molecule has 0 N–H and O–H groups in total. The zero-order chi connectivity index (χ0) is 10.8. The zero-order valence-electron chi connectivity index (χ0n) is 9.17. The second kappa shape index (κ2) is 4.59. The van der Waals surface area contributed by atoms with Crippen molar-refractivity contribution in [3.8, 4) is 0 Å². The van der Waals surface area contributed by atoms with Gasteiger partial charge < -0.3 is 4.42 Å². The summed E-state index contributed by atoms with van der Waals surface area (Å²) in [6, 6.07) is 0. The van der Waals surface area contributed by atoms with Crippen LogP contribution in [0.3, 0.4) is 0 Å². The van der Waals surface area contributed by atoms with Crippen LogP contribution in [0, 0.1) is 15.2 Å². The minimum absolute atomic E-state index is 0.368. The predicted octanol–water partition coefficient (Wildman–Crippen LogP) is 3.29. The predicted molar refractivity (Wildman–Crippen MR) is 64.0 cm³/mol. The third kappa shape index (κ3) is 4.39. The molecule has 0 saturated heterocycles. The molecule has 1 unspecified atom stereocenters. The van der Waals surface area contributed by atoms with Gasteiger partial charge in [-0.2, -0.15) is 0 Å². The van der Waals surface area contributed by atoms with E-state index in [-0.39, 0.29) is 0 Å². The minimum Gasteiger partial charge on any atom is -0.416 e. The van der Waals surface area contributed by atoms with Gasteiger partial charge in [0.1, 0.15) is 0 Å². The van der Waals surface area contributed by atoms with Gasteiger partial charge in [0.2, 0.25) is 5.89 Å². The number of nitrogens with zero attached hydrogens (tertiary/aromatic N) is 2. The molecule has 0 radical (unpaired) electrons. The highest BCUT2D eigenvalue weighted by Crippen LogP contribution is 2.26. The maximum Gasteiger partial charge on any atom is 0.278 e. The molecule has 0 aromatic carbocycles. The Bertz CT molecular complexity index is 291. The van der Waals surface area contributed by atoms with Crippen molar-refractivity contribution in [1.29, 1.82) is 0 Å². The highest BCUT2D eigenvalue weighted by molar-refractivity contribution is 14.1. The summed E-state index contributed by atoms with van der Waals surface area (Å²) < 4.78 is 5.96. The van der Waals surface area contributed by atoms with Gasteiger partial charge in [-0.05, 0) is 17.8 Å². The lowest BCUT2D eigenvalue weighted by Gasteiger charge is -2.22. The molecule has 1 aromatic heterocycles. The average molecular weight is 308 g/mol. The number of aromatic nitrogens is 2. The summed E-state index contributed by atoms with van der Waals surface area (Å²) in [6.07, 6.45) is 2.05. The molecule has 0 amide bonds. The van der Waals surface area contributed by atoms with Gasteiger partial charge in [-0.15, -0.1) is 10.2 Å². The van der Waals surface area contributed by atoms with E-state index in [2.05, 4.69) is 37.9 Å². The monoisotopic (exact) mass is 308 g/mol. The van der Waals surface area contributed by atoms with Crippen LogP contribution < -0.4 is 0 Å². The molecule has 0 aliphatic carbocycles. The van der Waals surface area contributed by atoms with Crippen molar-refractivity contribution in [3.05, 3.63) is 9.79 Å². The first-order valence-electron chi connectivity index (χ1n) is 4.85. The molecule has 1 aromatic rings. The molecular formula is C10H17IN2O. The van der Waals surface area contributed by atoms with E-state index in [4.69, 9.17) is 4.42 Å². The fraction of sp³-hybridized carbons (Fsp3) is 0.800. The van der Waals surface area contributed by atoms with Gasteiger partial charge in [0.15, 0.2) is 0 Å². The van der Waals surface area contributed by atoms with E-state index in [1.807, 2.05) is 22.6 Å². The third-order valence-corrected chi connectivity index (χ3v) is 2.36. The van der Waals surface area contributed by atoms with Crippen LogP contribution in [0.5, 0.6) is 0 Å². The van der Waals surface area contributed by atoms with Crippen molar-refractivity contribution in [2.75, 3.05) is 0 Å². The molecule has 4 heteroatoms. The molecule has 0 spiro atoms. The van der Waals surface area contributed by atoms with E-state index in [0.29, 0.717) is 15.2 Å². The van der Waals surface area contributed by atoms with E-state index in [0.717, 1.165) is 12.3 Å². The highest BCUT2D eigenvalue weighted by atomic mass is 127. The van der Waals surface area contributed by atoms with Crippen molar-refractivity contribution >= 4 is 22.6 Å². The number of rotatable bonds is 3. The van der Waals surface area contributed by atoms with Crippen LogP contribution in [-0.4, -0.2) is 10.2 Å². The maximum atomic E-state index is 5.33. The van der Waals surface area contributed by atoms with Gasteiger partial charge in [0, 0.05) is 29.0 Å². The summed E-state index contributed by atoms with van der Waals surface area (Å²) in [5.41, 5.74) is 0.368. The normalized spacial score (nSPS) is 14.4. The lowest BCUT2D eigenvalue weighted by molar-refractivity contribution is 0.292. The fourth-order valence-electron chi connectivity index (χ4n) is 1.73. The molecule has 3 nitrogen and oxygen atoms in total. The van der Waals surface area contributed by atoms with E-state index >= 15 is 0 Å². The highest BCUT2D eigenvalue weighted by Gasteiger charge is 2.17. The number of hydrogen-bond donors (Lipinski definition) is 0. The molecule has 0 bridgehead atoms. The van der Waals surface area contributed by atoms with Crippen molar-refractivity contribution < 1.29 is 4.42 Å². The maximum absolute atomic E-state index is 5.33. The molecule has 80 valence electrons. The van der Waals surface area contributed by atoms with Gasteiger partial charge in [-0.1, -0.05) is 27.7 Å². The van der Waals surface area contributed by atoms with Crippen LogP contribution in [0.2, 0.25) is 0 Å². The Labute approximate surface area is 98.8 Å². The average Bonchev–Trinajstić information content (AvgIpc) is 2.30. The van der Waals surface area contributed by atoms with Crippen molar-refractivity contribution in [2.45, 2.75) is 40.5 Å². The van der Waals surface area contributed by atoms with E-state index in [1.54, 1.807) is 0 Å². The van der Waals surface area contributed by atoms with Crippen LogP contribution in [-0.2, 0) is 6.42 Å². The first-order valence-corrected chi connectivity index (χ1v) is 5.92. The summed E-state index contributed by atoms with van der Waals surface area (Å²) in [5, 5.41) is 7.80. The summed E-state index contributed by atoms with van der Waals surface area (Å²) in [7, 11) is 0. The molecule has 1 atom stereocenters. The first-order chi connectivity index (χ1) is 6.37. The third-order valence-electron chi connectivity index (χ3n) is 1.93. The van der Waals surface area contributed by atoms with Crippen LogP contribution in [0.1, 0.15) is 40.0 Å². The largest absolute Gasteiger partial charge is 0.416 e. The second-order valence-corrected chi connectivity index (χ2v) is 5.95. The van der Waals surface area contributed by atoms with Gasteiger partial charge in [-0.3, -0.25) is 0 Å². The van der Waals surface area contributed by atoms with Crippen LogP contribution in [0.4, 0.5) is 0 Å². The zero-order valence-corrected chi connectivity index (χ0v) is 11.3. The molecular weight excluding hydrogens is 291 g/mol. The number of hydrogen-bond acceptors (Lipinski definition) is 3. The Morgan fingerprint density at radius 1 is 1.36 bits per heavy atom. The Morgan fingerprint density at radius 3 is 2.43 bits per heavy atom. The molecule has 14 heavy (non-hydrogen) atoms. The SMILES string of the molecule is CC(Cc1nnc(I)o1)CC(C)(C)C. The Hall–Kier alpha value is -0.130. The van der Waals surface area contributed by atoms with E-state index in [9.17, 15) is 0 Å². The molecule has 1 heterocycles. The van der Waals surface area contributed by atoms with Crippen molar-refractivity contribution in [1.82, 2.24) is 10.2 Å². The van der Waals surface area contributed by atoms with E-state index in [1.165, 1.54) is 6.42 Å². The van der Waals surface area contributed by atoms with Gasteiger partial charge >= 0.3 is 0 Å². The lowest BCUT2D eigenvalue weighted by Crippen LogP contribution is -2.12. The summed E-state index contributed by atoms with van der Waals surface area (Å²) >= 11 is 2.04. The fourth-order valence-corrected chi connectivity index (χ4v) is 2.09. The number of halogens is 1. The first kappa shape index (κ1) is 11.9. The quantitative estimate of drug-likeness (QED) is 0.804. The Balaban J connectivity index is 2.45. The summed E-state index contributed by atoms with van der Waals surface area (Å²) in [4.78, 5) is 0. The van der Waals surface area contributed by atoms with Crippen molar-refractivity contribution in [2.24, 2.45) is 11.3 Å². The molecule has 0 aliphatic rings. The second-order valence-electron chi connectivity index (χ2n) is 5.02. The minimum atomic E-state index is 0.368. The smallest absolute Gasteiger partial charge is 0.278 e. The van der Waals surface area contributed by atoms with Gasteiger partial charge in [0.05, 0.1) is 0 Å². The molecule has 0 fully saturated rings. The Morgan fingerprint density at radius 2 is 2.00 bits per heavy atom. The van der Waals surface area contributed by atoms with Crippen LogP contribution in [0.25, 0.3) is 0 Å². The molecule has 0 saturated carbocycles. The molecule has 1 rings (SSSR count).